The van der Waals surface area contributed by atoms with Gasteiger partial charge in [0, 0.05) is 14.1 Å². The quantitative estimate of drug-likeness (QED) is 0.279. The number of rotatable bonds is 0. The number of hydrogen-bond donors (Lipinski definition) is 0. The molecule has 7 heavy (non-hydrogen) atoms. The van der Waals surface area contributed by atoms with Crippen LogP contribution in [-0.4, -0.2) is 61.1 Å². The molecule has 0 atom stereocenters. The third-order valence-corrected chi connectivity index (χ3v) is 1.10. The first-order valence-corrected chi connectivity index (χ1v) is 2.34. The van der Waals surface area contributed by atoms with Crippen molar-refractivity contribution in [3.05, 3.63) is 0 Å². The molecule has 0 unspecified atom stereocenters. The van der Waals surface area contributed by atoms with Crippen LogP contribution in [0.1, 0.15) is 0 Å². The van der Waals surface area contributed by atoms with E-state index in [1.165, 1.54) is 0 Å². The van der Waals surface area contributed by atoms with Crippen molar-refractivity contribution in [3.63, 3.8) is 0 Å². The SMILES string of the molecule is CN(C)C(=S)[S-].[Ca+2]. The Balaban J connectivity index is 0. The summed E-state index contributed by atoms with van der Waals surface area (Å²) in [5.41, 5.74) is 0. The van der Waals surface area contributed by atoms with Crippen LogP contribution in [-0.2, 0) is 12.6 Å². The second-order valence-corrected chi connectivity index (χ2v) is 2.19. The summed E-state index contributed by atoms with van der Waals surface area (Å²) >= 11 is 9.12. The molecule has 0 N–H and O–H groups in total. The zero-order chi connectivity index (χ0) is 5.15. The summed E-state index contributed by atoms with van der Waals surface area (Å²) in [7, 11) is 3.66. The molecule has 1 nitrogen and oxygen atoms in total. The molecule has 0 rings (SSSR count). The molecule has 36 valence electrons. The summed E-state index contributed by atoms with van der Waals surface area (Å²) < 4.78 is 0.509. The molecule has 0 radical (unpaired) electrons. The van der Waals surface area contributed by atoms with Crippen molar-refractivity contribution >= 4 is 66.9 Å². The van der Waals surface area contributed by atoms with Crippen LogP contribution in [0.25, 0.3) is 0 Å². The molecule has 0 bridgehead atoms. The van der Waals surface area contributed by atoms with Crippen LogP contribution in [0.5, 0.6) is 0 Å². The second kappa shape index (κ2) is 5.51. The average molecular weight is 160 g/mol. The van der Waals surface area contributed by atoms with Crippen molar-refractivity contribution < 1.29 is 0 Å². The Bertz CT molecular complexity index is 64.0. The van der Waals surface area contributed by atoms with Crippen LogP contribution in [0.3, 0.4) is 0 Å². The molecule has 0 aliphatic heterocycles. The first-order chi connectivity index (χ1) is 2.64. The fourth-order valence-electron chi connectivity index (χ4n) is 0. The Morgan fingerprint density at radius 2 is 1.71 bits per heavy atom. The maximum Gasteiger partial charge on any atom is 2.00 e. The van der Waals surface area contributed by atoms with Crippen molar-refractivity contribution in [2.75, 3.05) is 14.1 Å². The molecule has 0 amide bonds. The van der Waals surface area contributed by atoms with Gasteiger partial charge in [0.1, 0.15) is 0 Å². The molecule has 0 aliphatic rings. The molecular weight excluding hydrogens is 154 g/mol. The van der Waals surface area contributed by atoms with E-state index in [1.54, 1.807) is 4.90 Å². The zero-order valence-electron chi connectivity index (χ0n) is 4.47. The molecular formula is C3H6CaNS2+. The van der Waals surface area contributed by atoms with Gasteiger partial charge in [-0.25, -0.2) is 0 Å². The smallest absolute Gasteiger partial charge is 0.411 e. The van der Waals surface area contributed by atoms with Gasteiger partial charge in [-0.1, -0.05) is 4.32 Å². The van der Waals surface area contributed by atoms with Crippen LogP contribution in [0.4, 0.5) is 0 Å². The molecule has 0 aromatic carbocycles. The van der Waals surface area contributed by atoms with Gasteiger partial charge in [0.25, 0.3) is 0 Å². The third-order valence-electron chi connectivity index (χ3n) is 0.365. The van der Waals surface area contributed by atoms with Crippen molar-refractivity contribution in [2.24, 2.45) is 0 Å². The van der Waals surface area contributed by atoms with E-state index in [9.17, 15) is 0 Å². The number of thiocarbonyl (C=S) groups is 1. The molecule has 0 aromatic heterocycles. The van der Waals surface area contributed by atoms with Gasteiger partial charge < -0.3 is 29.7 Å². The van der Waals surface area contributed by atoms with Crippen molar-refractivity contribution in [1.29, 1.82) is 0 Å². The second-order valence-electron chi connectivity index (χ2n) is 1.16. The Hall–Kier alpha value is 1.37. The van der Waals surface area contributed by atoms with Gasteiger partial charge in [-0.15, -0.1) is 0 Å². The van der Waals surface area contributed by atoms with Crippen LogP contribution in [0.15, 0.2) is 0 Å². The zero-order valence-corrected chi connectivity index (χ0v) is 8.31. The van der Waals surface area contributed by atoms with Gasteiger partial charge in [0.2, 0.25) is 0 Å². The number of nitrogens with zero attached hydrogens (tertiary/aromatic N) is 1. The minimum absolute atomic E-state index is 0. The molecule has 0 saturated heterocycles. The summed E-state index contributed by atoms with van der Waals surface area (Å²) in [5.74, 6) is 0. The van der Waals surface area contributed by atoms with Gasteiger partial charge in [-0.05, 0) is 0 Å². The van der Waals surface area contributed by atoms with Gasteiger partial charge in [0.15, 0.2) is 0 Å². The molecule has 0 heterocycles. The first-order valence-electron chi connectivity index (χ1n) is 1.53. The first kappa shape index (κ1) is 11.2. The normalized spacial score (nSPS) is 6.57. The van der Waals surface area contributed by atoms with Crippen LogP contribution < -0.4 is 0 Å². The summed E-state index contributed by atoms with van der Waals surface area (Å²) in [5, 5.41) is 0. The fourth-order valence-corrected chi connectivity index (χ4v) is 0. The minimum Gasteiger partial charge on any atom is -0.411 e. The summed E-state index contributed by atoms with van der Waals surface area (Å²) in [6.45, 7) is 0. The predicted octanol–water partition coefficient (Wildman–Crippen LogP) is -0.00100. The van der Waals surface area contributed by atoms with E-state index in [0.29, 0.717) is 4.32 Å². The molecule has 0 aliphatic carbocycles. The maximum atomic E-state index is 4.56. The van der Waals surface area contributed by atoms with E-state index in [4.69, 9.17) is 0 Å². The van der Waals surface area contributed by atoms with E-state index >= 15 is 0 Å². The maximum absolute atomic E-state index is 4.56. The largest absolute Gasteiger partial charge is 2.00 e. The van der Waals surface area contributed by atoms with Crippen LogP contribution >= 0.6 is 12.2 Å². The Morgan fingerprint density at radius 3 is 1.71 bits per heavy atom. The molecule has 0 spiro atoms. The average Bonchev–Trinajstić information content (AvgIpc) is 1.36. The van der Waals surface area contributed by atoms with Gasteiger partial charge >= 0.3 is 37.7 Å². The molecule has 4 heteroatoms. The van der Waals surface area contributed by atoms with Crippen molar-refractivity contribution in [1.82, 2.24) is 4.90 Å². The predicted molar refractivity (Wildman–Crippen MR) is 39.4 cm³/mol. The van der Waals surface area contributed by atoms with E-state index in [-0.39, 0.29) is 37.7 Å². The molecule has 0 fully saturated rings. The van der Waals surface area contributed by atoms with Gasteiger partial charge in [-0.2, -0.15) is 0 Å². The Kier molecular flexibility index (Phi) is 8.81. The minimum atomic E-state index is 0. The summed E-state index contributed by atoms with van der Waals surface area (Å²) in [6, 6.07) is 0. The van der Waals surface area contributed by atoms with Crippen molar-refractivity contribution in [3.8, 4) is 0 Å². The molecule has 0 aromatic rings. The topological polar surface area (TPSA) is 3.24 Å². The Morgan fingerprint density at radius 1 is 1.57 bits per heavy atom. The number of hydrogen-bond acceptors (Lipinski definition) is 2. The van der Waals surface area contributed by atoms with Crippen LogP contribution in [0.2, 0.25) is 0 Å². The van der Waals surface area contributed by atoms with Crippen LogP contribution in [0, 0.1) is 0 Å². The monoisotopic (exact) mass is 160 g/mol. The van der Waals surface area contributed by atoms with Gasteiger partial charge in [0.05, 0.1) is 0 Å². The fraction of sp³-hybridized carbons (Fsp3) is 0.667. The molecule has 0 saturated carbocycles. The summed E-state index contributed by atoms with van der Waals surface area (Å²) in [4.78, 5) is 1.71. The van der Waals surface area contributed by atoms with E-state index in [1.807, 2.05) is 14.1 Å². The van der Waals surface area contributed by atoms with E-state index in [2.05, 4.69) is 24.8 Å². The van der Waals surface area contributed by atoms with Gasteiger partial charge in [-0.3, -0.25) is 0 Å². The summed E-state index contributed by atoms with van der Waals surface area (Å²) in [6.07, 6.45) is 0. The Labute approximate surface area is 84.9 Å². The standard InChI is InChI=1S/C3H7NS2.Ca/c1-4(2)3(5)6;/h1-2H3,(H,5,6);/q;+2/p-1. The van der Waals surface area contributed by atoms with Crippen molar-refractivity contribution in [2.45, 2.75) is 0 Å². The van der Waals surface area contributed by atoms with E-state index < -0.39 is 0 Å². The third kappa shape index (κ3) is 7.37. The van der Waals surface area contributed by atoms with E-state index in [0.717, 1.165) is 0 Å².